The molecular weight excluding hydrogens is 331 g/mol. The molecule has 2 aromatic carbocycles. The summed E-state index contributed by atoms with van der Waals surface area (Å²) in [6.45, 7) is 0. The summed E-state index contributed by atoms with van der Waals surface area (Å²) in [7, 11) is 3.59. The Bertz CT molecular complexity index is 855. The summed E-state index contributed by atoms with van der Waals surface area (Å²) >= 11 is 0. The zero-order valence-corrected chi connectivity index (χ0v) is 13.7. The predicted molar refractivity (Wildman–Crippen MR) is 88.3 cm³/mol. The fourth-order valence-electron chi connectivity index (χ4n) is 2.42. The van der Waals surface area contributed by atoms with Gasteiger partial charge in [0.2, 0.25) is 5.89 Å². The van der Waals surface area contributed by atoms with Gasteiger partial charge in [0.25, 0.3) is 0 Å². The fourth-order valence-corrected chi connectivity index (χ4v) is 2.42. The van der Waals surface area contributed by atoms with Crippen molar-refractivity contribution in [2.75, 3.05) is 19.0 Å². The lowest BCUT2D eigenvalue weighted by Crippen LogP contribution is -2.08. The monoisotopic (exact) mass is 347 g/mol. The van der Waals surface area contributed by atoms with Crippen LogP contribution in [0.3, 0.4) is 0 Å². The van der Waals surface area contributed by atoms with Crippen LogP contribution in [0.4, 0.5) is 19.2 Å². The highest BCUT2D eigenvalue weighted by Gasteiger charge is 2.29. The van der Waals surface area contributed by atoms with Crippen molar-refractivity contribution < 1.29 is 17.6 Å². The summed E-state index contributed by atoms with van der Waals surface area (Å²) in [4.78, 5) is 1.70. The van der Waals surface area contributed by atoms with Gasteiger partial charge in [-0.1, -0.05) is 35.4 Å². The minimum Gasteiger partial charge on any atom is -0.403 e. The van der Waals surface area contributed by atoms with Crippen molar-refractivity contribution in [3.05, 3.63) is 65.2 Å². The maximum atomic E-state index is 12.7. The second-order valence-corrected chi connectivity index (χ2v) is 5.81. The summed E-state index contributed by atoms with van der Waals surface area (Å²) < 4.78 is 43.6. The van der Waals surface area contributed by atoms with Crippen molar-refractivity contribution in [2.45, 2.75) is 12.6 Å². The van der Waals surface area contributed by atoms with Gasteiger partial charge in [0, 0.05) is 19.7 Å². The van der Waals surface area contributed by atoms with Crippen molar-refractivity contribution in [3.63, 3.8) is 0 Å². The molecule has 0 unspecified atom stereocenters. The molecule has 3 aromatic rings. The summed E-state index contributed by atoms with van der Waals surface area (Å²) in [5.74, 6) is 0.381. The van der Waals surface area contributed by atoms with Gasteiger partial charge in [-0.15, -0.1) is 5.10 Å². The van der Waals surface area contributed by atoms with Crippen LogP contribution in [-0.2, 0) is 12.6 Å². The number of anilines is 1. The summed E-state index contributed by atoms with van der Waals surface area (Å²) in [5, 5.41) is 8.01. The summed E-state index contributed by atoms with van der Waals surface area (Å²) in [6, 6.07) is 13.0. The molecule has 0 aliphatic rings. The quantitative estimate of drug-likeness (QED) is 0.701. The molecule has 0 saturated carbocycles. The first-order valence-corrected chi connectivity index (χ1v) is 7.60. The van der Waals surface area contributed by atoms with Gasteiger partial charge in [0.15, 0.2) is 0 Å². The van der Waals surface area contributed by atoms with Crippen LogP contribution >= 0.6 is 0 Å². The van der Waals surface area contributed by atoms with Crippen LogP contribution in [0.1, 0.15) is 16.7 Å². The van der Waals surface area contributed by atoms with E-state index in [0.717, 1.165) is 28.8 Å². The smallest absolute Gasteiger partial charge is 0.403 e. The fraction of sp³-hybridized carbons (Fsp3) is 0.222. The molecule has 0 fully saturated rings. The van der Waals surface area contributed by atoms with E-state index in [1.165, 1.54) is 12.1 Å². The van der Waals surface area contributed by atoms with E-state index in [1.807, 2.05) is 24.3 Å². The Balaban J connectivity index is 1.88. The maximum Gasteiger partial charge on any atom is 0.416 e. The molecule has 0 saturated heterocycles. The molecule has 0 aliphatic heterocycles. The minimum atomic E-state index is -4.33. The first-order valence-electron chi connectivity index (χ1n) is 7.60. The van der Waals surface area contributed by atoms with Crippen molar-refractivity contribution >= 4 is 6.01 Å². The van der Waals surface area contributed by atoms with Gasteiger partial charge in [-0.25, -0.2) is 0 Å². The van der Waals surface area contributed by atoms with E-state index in [-0.39, 0.29) is 0 Å². The van der Waals surface area contributed by atoms with Crippen LogP contribution in [0, 0.1) is 0 Å². The second-order valence-electron chi connectivity index (χ2n) is 5.81. The van der Waals surface area contributed by atoms with Crippen LogP contribution in [0.5, 0.6) is 0 Å². The lowest BCUT2D eigenvalue weighted by molar-refractivity contribution is -0.137. The average molecular weight is 347 g/mol. The lowest BCUT2D eigenvalue weighted by atomic mass is 9.99. The normalized spacial score (nSPS) is 11.6. The van der Waals surface area contributed by atoms with Gasteiger partial charge in [-0.3, -0.25) is 0 Å². The molecule has 0 bridgehead atoms. The highest BCUT2D eigenvalue weighted by atomic mass is 19.4. The lowest BCUT2D eigenvalue weighted by Gasteiger charge is -2.09. The third-order valence-electron chi connectivity index (χ3n) is 3.72. The van der Waals surface area contributed by atoms with E-state index in [4.69, 9.17) is 4.42 Å². The molecule has 0 atom stereocenters. The van der Waals surface area contributed by atoms with E-state index in [0.29, 0.717) is 18.3 Å². The van der Waals surface area contributed by atoms with Crippen LogP contribution in [-0.4, -0.2) is 24.3 Å². The van der Waals surface area contributed by atoms with Gasteiger partial charge < -0.3 is 9.32 Å². The number of rotatable bonds is 4. The highest BCUT2D eigenvalue weighted by Crippen LogP contribution is 2.30. The standard InChI is InChI=1S/C18H16F3N3O/c1-24(2)17-23-22-16(25-17)15-6-4-3-5-13(15)11-12-7-9-14(10-8-12)18(19,20)21/h3-10H,11H2,1-2H3. The molecule has 0 aliphatic carbocycles. The number of aromatic nitrogens is 2. The summed E-state index contributed by atoms with van der Waals surface area (Å²) in [5.41, 5.74) is 1.78. The van der Waals surface area contributed by atoms with Gasteiger partial charge in [0.05, 0.1) is 5.56 Å². The molecule has 0 spiro atoms. The van der Waals surface area contributed by atoms with Gasteiger partial charge in [-0.05, 0) is 35.7 Å². The maximum absolute atomic E-state index is 12.7. The first-order chi connectivity index (χ1) is 11.8. The number of nitrogens with zero attached hydrogens (tertiary/aromatic N) is 3. The Labute approximate surface area is 142 Å². The molecule has 0 radical (unpaired) electrons. The molecule has 130 valence electrons. The number of hydrogen-bond donors (Lipinski definition) is 0. The number of halogens is 3. The number of alkyl halides is 3. The van der Waals surface area contributed by atoms with Crippen LogP contribution in [0.25, 0.3) is 11.5 Å². The van der Waals surface area contributed by atoms with E-state index in [2.05, 4.69) is 10.2 Å². The van der Waals surface area contributed by atoms with Crippen molar-refractivity contribution in [2.24, 2.45) is 0 Å². The van der Waals surface area contributed by atoms with E-state index in [1.54, 1.807) is 19.0 Å². The molecule has 7 heteroatoms. The van der Waals surface area contributed by atoms with Crippen molar-refractivity contribution in [1.29, 1.82) is 0 Å². The third-order valence-corrected chi connectivity index (χ3v) is 3.72. The molecule has 0 N–H and O–H groups in total. The van der Waals surface area contributed by atoms with Gasteiger partial charge >= 0.3 is 12.2 Å². The Morgan fingerprint density at radius 2 is 1.64 bits per heavy atom. The highest BCUT2D eigenvalue weighted by molar-refractivity contribution is 5.60. The van der Waals surface area contributed by atoms with E-state index >= 15 is 0 Å². The third kappa shape index (κ3) is 3.81. The van der Waals surface area contributed by atoms with Gasteiger partial charge in [-0.2, -0.15) is 13.2 Å². The largest absolute Gasteiger partial charge is 0.416 e. The topological polar surface area (TPSA) is 42.2 Å². The van der Waals surface area contributed by atoms with E-state index < -0.39 is 11.7 Å². The Morgan fingerprint density at radius 3 is 2.24 bits per heavy atom. The van der Waals surface area contributed by atoms with Crippen molar-refractivity contribution in [1.82, 2.24) is 10.2 Å². The Hall–Kier alpha value is -2.83. The summed E-state index contributed by atoms with van der Waals surface area (Å²) in [6.07, 6.45) is -3.86. The van der Waals surface area contributed by atoms with Gasteiger partial charge in [0.1, 0.15) is 0 Å². The molecule has 4 nitrogen and oxygen atoms in total. The second kappa shape index (κ2) is 6.58. The Kier molecular flexibility index (Phi) is 4.48. The first kappa shape index (κ1) is 17.0. The zero-order valence-electron chi connectivity index (χ0n) is 13.7. The van der Waals surface area contributed by atoms with Crippen molar-refractivity contribution in [3.8, 4) is 11.5 Å². The Morgan fingerprint density at radius 1 is 0.960 bits per heavy atom. The molecule has 25 heavy (non-hydrogen) atoms. The predicted octanol–water partition coefficient (Wildman–Crippen LogP) is 4.41. The molecule has 1 aromatic heterocycles. The zero-order chi connectivity index (χ0) is 18.0. The minimum absolute atomic E-state index is 0.381. The number of hydrogen-bond acceptors (Lipinski definition) is 4. The van der Waals surface area contributed by atoms with Crippen LogP contribution in [0.15, 0.2) is 52.9 Å². The molecule has 1 heterocycles. The average Bonchev–Trinajstić information content (AvgIpc) is 3.05. The van der Waals surface area contributed by atoms with E-state index in [9.17, 15) is 13.2 Å². The van der Waals surface area contributed by atoms with Crippen LogP contribution < -0.4 is 4.90 Å². The molecule has 3 rings (SSSR count). The number of benzene rings is 2. The van der Waals surface area contributed by atoms with Crippen LogP contribution in [0.2, 0.25) is 0 Å². The molecular formula is C18H16F3N3O. The molecule has 0 amide bonds. The SMILES string of the molecule is CN(C)c1nnc(-c2ccccc2Cc2ccc(C(F)(F)F)cc2)o1.